The third kappa shape index (κ3) is 3.67. The number of amides is 1. The first-order valence-corrected chi connectivity index (χ1v) is 8.90. The number of piperidine rings is 1. The van der Waals surface area contributed by atoms with Crippen molar-refractivity contribution >= 4 is 28.4 Å². The number of aryl methyl sites for hydroxylation is 1. The summed E-state index contributed by atoms with van der Waals surface area (Å²) in [4.78, 5) is 12.8. The van der Waals surface area contributed by atoms with Gasteiger partial charge in [-0.15, -0.1) is 0 Å². The minimum atomic E-state index is -0.478. The van der Waals surface area contributed by atoms with E-state index in [4.69, 9.17) is 11.6 Å². The van der Waals surface area contributed by atoms with Crippen LogP contribution in [0.3, 0.4) is 0 Å². The fraction of sp³-hybridized carbons (Fsp3) is 0.526. The first-order valence-electron chi connectivity index (χ1n) is 8.52. The van der Waals surface area contributed by atoms with E-state index in [2.05, 4.69) is 38.3 Å². The average Bonchev–Trinajstić information content (AvgIpc) is 2.73. The molecule has 2 aromatic rings. The Morgan fingerprint density at radius 3 is 2.44 bits per heavy atom. The molecule has 4 nitrogen and oxygen atoms in total. The van der Waals surface area contributed by atoms with E-state index in [-0.39, 0.29) is 28.0 Å². The van der Waals surface area contributed by atoms with Crippen molar-refractivity contribution in [2.75, 3.05) is 0 Å². The molecule has 1 saturated heterocycles. The van der Waals surface area contributed by atoms with Crippen LogP contribution in [0.2, 0.25) is 5.02 Å². The van der Waals surface area contributed by atoms with E-state index in [0.29, 0.717) is 11.1 Å². The number of carbonyl (C=O) groups is 1. The van der Waals surface area contributed by atoms with Gasteiger partial charge in [-0.2, -0.15) is 0 Å². The lowest BCUT2D eigenvalue weighted by molar-refractivity contribution is 0.0865. The molecule has 0 bridgehead atoms. The molecule has 1 aliphatic rings. The fourth-order valence-corrected chi connectivity index (χ4v) is 4.39. The largest absolute Gasteiger partial charge is 0.348 e. The smallest absolute Gasteiger partial charge is 0.268 e. The van der Waals surface area contributed by atoms with Gasteiger partial charge in [0.15, 0.2) is 0 Å². The molecule has 0 spiro atoms. The molecule has 25 heavy (non-hydrogen) atoms. The van der Waals surface area contributed by atoms with Crippen molar-refractivity contribution in [3.05, 3.63) is 34.7 Å². The van der Waals surface area contributed by atoms with E-state index in [0.717, 1.165) is 18.4 Å². The van der Waals surface area contributed by atoms with Gasteiger partial charge in [-0.3, -0.25) is 4.79 Å². The minimum Gasteiger partial charge on any atom is -0.348 e. The zero-order valence-corrected chi connectivity index (χ0v) is 16.1. The third-order valence-electron chi connectivity index (χ3n) is 4.84. The van der Waals surface area contributed by atoms with Gasteiger partial charge >= 0.3 is 0 Å². The van der Waals surface area contributed by atoms with Gasteiger partial charge in [0.2, 0.25) is 0 Å². The van der Waals surface area contributed by atoms with E-state index in [1.165, 1.54) is 6.07 Å². The van der Waals surface area contributed by atoms with Gasteiger partial charge in [0.05, 0.1) is 10.5 Å². The molecule has 3 rings (SSSR count). The number of fused-ring (bicyclic) bond motifs is 1. The van der Waals surface area contributed by atoms with Crippen molar-refractivity contribution in [2.24, 2.45) is 7.05 Å². The van der Waals surface area contributed by atoms with Crippen LogP contribution in [0, 0.1) is 5.82 Å². The molecule has 0 unspecified atom stereocenters. The number of rotatable bonds is 2. The molecule has 0 aliphatic carbocycles. The van der Waals surface area contributed by atoms with Crippen molar-refractivity contribution < 1.29 is 9.18 Å². The molecule has 1 aromatic carbocycles. The van der Waals surface area contributed by atoms with E-state index in [1.54, 1.807) is 23.7 Å². The van der Waals surface area contributed by atoms with Crippen LogP contribution >= 0.6 is 11.6 Å². The highest BCUT2D eigenvalue weighted by Crippen LogP contribution is 2.29. The summed E-state index contributed by atoms with van der Waals surface area (Å²) in [5, 5.41) is 7.48. The Hall–Kier alpha value is -1.59. The lowest BCUT2D eigenvalue weighted by atomic mass is 9.79. The molecule has 0 atom stereocenters. The summed E-state index contributed by atoms with van der Waals surface area (Å²) >= 11 is 5.87. The van der Waals surface area contributed by atoms with Crippen molar-refractivity contribution in [1.29, 1.82) is 0 Å². The zero-order chi connectivity index (χ0) is 18.6. The van der Waals surface area contributed by atoms with Gasteiger partial charge in [-0.1, -0.05) is 11.6 Å². The maximum atomic E-state index is 13.7. The standard InChI is InChI=1S/C19H25ClFN3O/c1-18(2)9-12(10-19(3,4)23-18)22-17(25)16-7-11-6-14(21)13(20)8-15(11)24(16)5/h6-8,12,23H,9-10H2,1-5H3,(H,22,25). The summed E-state index contributed by atoms with van der Waals surface area (Å²) in [6.07, 6.45) is 1.71. The van der Waals surface area contributed by atoms with Crippen LogP contribution in [0.1, 0.15) is 51.0 Å². The van der Waals surface area contributed by atoms with Crippen molar-refractivity contribution in [3.63, 3.8) is 0 Å². The van der Waals surface area contributed by atoms with Gasteiger partial charge in [0, 0.05) is 29.6 Å². The molecular formula is C19H25ClFN3O. The number of carbonyl (C=O) groups excluding carboxylic acids is 1. The second-order valence-corrected chi connectivity index (χ2v) is 8.79. The Bertz CT molecular complexity index is 825. The average molecular weight is 366 g/mol. The van der Waals surface area contributed by atoms with Crippen LogP contribution in [-0.4, -0.2) is 27.6 Å². The quantitative estimate of drug-likeness (QED) is 0.844. The predicted molar refractivity (Wildman–Crippen MR) is 99.7 cm³/mol. The SMILES string of the molecule is Cn1c(C(=O)NC2CC(C)(C)NC(C)(C)C2)cc2cc(F)c(Cl)cc21. The summed E-state index contributed by atoms with van der Waals surface area (Å²) in [6.45, 7) is 8.59. The van der Waals surface area contributed by atoms with Crippen LogP contribution in [0.25, 0.3) is 10.9 Å². The summed E-state index contributed by atoms with van der Waals surface area (Å²) < 4.78 is 15.4. The first-order chi connectivity index (χ1) is 11.5. The second kappa shape index (κ2) is 5.99. The van der Waals surface area contributed by atoms with Crippen LogP contribution in [-0.2, 0) is 7.05 Å². The van der Waals surface area contributed by atoms with Gasteiger partial charge < -0.3 is 15.2 Å². The predicted octanol–water partition coefficient (Wildman–Crippen LogP) is 4.01. The number of hydrogen-bond acceptors (Lipinski definition) is 2. The van der Waals surface area contributed by atoms with Gasteiger partial charge in [-0.05, 0) is 58.7 Å². The Kier molecular flexibility index (Phi) is 4.36. The molecule has 1 fully saturated rings. The van der Waals surface area contributed by atoms with Crippen molar-refractivity contribution in [2.45, 2.75) is 57.7 Å². The number of aromatic nitrogens is 1. The van der Waals surface area contributed by atoms with Gasteiger partial charge in [0.1, 0.15) is 11.5 Å². The molecule has 1 amide bonds. The highest BCUT2D eigenvalue weighted by Gasteiger charge is 2.38. The molecule has 0 saturated carbocycles. The number of benzene rings is 1. The number of nitrogens with one attached hydrogen (secondary N) is 2. The van der Waals surface area contributed by atoms with Gasteiger partial charge in [0.25, 0.3) is 5.91 Å². The Morgan fingerprint density at radius 1 is 1.24 bits per heavy atom. The summed E-state index contributed by atoms with van der Waals surface area (Å²) in [5.41, 5.74) is 1.15. The number of halogens is 2. The second-order valence-electron chi connectivity index (χ2n) is 8.39. The van der Waals surface area contributed by atoms with Crippen LogP contribution < -0.4 is 10.6 Å². The minimum absolute atomic E-state index is 0.0464. The Balaban J connectivity index is 1.86. The molecule has 1 aromatic heterocycles. The summed E-state index contributed by atoms with van der Waals surface area (Å²) in [7, 11) is 1.79. The van der Waals surface area contributed by atoms with E-state index in [1.807, 2.05) is 0 Å². The molecule has 1 aliphatic heterocycles. The summed E-state index contributed by atoms with van der Waals surface area (Å²) in [6, 6.07) is 4.71. The molecule has 2 heterocycles. The molecule has 136 valence electrons. The van der Waals surface area contributed by atoms with Crippen LogP contribution in [0.4, 0.5) is 4.39 Å². The van der Waals surface area contributed by atoms with Crippen LogP contribution in [0.5, 0.6) is 0 Å². The van der Waals surface area contributed by atoms with Gasteiger partial charge in [-0.25, -0.2) is 4.39 Å². The van der Waals surface area contributed by atoms with E-state index >= 15 is 0 Å². The topological polar surface area (TPSA) is 46.1 Å². The fourth-order valence-electron chi connectivity index (χ4n) is 4.23. The lowest BCUT2D eigenvalue weighted by Gasteiger charge is -2.46. The number of nitrogens with zero attached hydrogens (tertiary/aromatic N) is 1. The zero-order valence-electron chi connectivity index (χ0n) is 15.3. The lowest BCUT2D eigenvalue weighted by Crippen LogP contribution is -2.62. The first kappa shape index (κ1) is 18.2. The molecule has 6 heteroatoms. The van der Waals surface area contributed by atoms with Crippen molar-refractivity contribution in [3.8, 4) is 0 Å². The highest BCUT2D eigenvalue weighted by atomic mass is 35.5. The van der Waals surface area contributed by atoms with Crippen molar-refractivity contribution in [1.82, 2.24) is 15.2 Å². The monoisotopic (exact) mass is 365 g/mol. The van der Waals surface area contributed by atoms with E-state index < -0.39 is 5.82 Å². The highest BCUT2D eigenvalue weighted by molar-refractivity contribution is 6.31. The Labute approximate surface area is 152 Å². The number of hydrogen-bond donors (Lipinski definition) is 2. The Morgan fingerprint density at radius 2 is 1.84 bits per heavy atom. The van der Waals surface area contributed by atoms with Crippen LogP contribution in [0.15, 0.2) is 18.2 Å². The molecule has 0 radical (unpaired) electrons. The molecular weight excluding hydrogens is 341 g/mol. The summed E-state index contributed by atoms with van der Waals surface area (Å²) in [5.74, 6) is -0.623. The maximum absolute atomic E-state index is 13.7. The third-order valence-corrected chi connectivity index (χ3v) is 5.13. The normalized spacial score (nSPS) is 20.0. The molecule has 2 N–H and O–H groups in total. The van der Waals surface area contributed by atoms with E-state index in [9.17, 15) is 9.18 Å². The maximum Gasteiger partial charge on any atom is 0.268 e.